The van der Waals surface area contributed by atoms with Gasteiger partial charge in [0.15, 0.2) is 0 Å². The standard InChI is InChI=1S/C18H26N2O8/c1-3-15(21)25-10-8-19-17(23)27-13-6-5-7-14(12-13)28-18(24)20-9-11-26-16(22)4-2/h3-4,13-14H,1-2,5-12H2,(H,19,23)(H,20,24)/t13-,14+. The number of esters is 2. The molecule has 1 aliphatic rings. The second kappa shape index (κ2) is 13.2. The summed E-state index contributed by atoms with van der Waals surface area (Å²) >= 11 is 0. The predicted octanol–water partition coefficient (Wildman–Crippen LogP) is 1.21. The molecule has 0 aromatic rings. The summed E-state index contributed by atoms with van der Waals surface area (Å²) in [6.07, 6.45) is 2.50. The fourth-order valence-corrected chi connectivity index (χ4v) is 2.43. The summed E-state index contributed by atoms with van der Waals surface area (Å²) in [6, 6.07) is 0. The molecule has 10 nitrogen and oxygen atoms in total. The van der Waals surface area contributed by atoms with Crippen molar-refractivity contribution >= 4 is 24.1 Å². The molecule has 0 aromatic heterocycles. The van der Waals surface area contributed by atoms with Crippen LogP contribution in [-0.4, -0.2) is 62.6 Å². The zero-order valence-electron chi connectivity index (χ0n) is 15.6. The minimum atomic E-state index is -0.631. The van der Waals surface area contributed by atoms with Crippen molar-refractivity contribution < 1.29 is 38.1 Å². The molecular weight excluding hydrogens is 372 g/mol. The molecule has 0 bridgehead atoms. The van der Waals surface area contributed by atoms with Crippen LogP contribution in [0.4, 0.5) is 9.59 Å². The first kappa shape index (κ1) is 23.0. The first-order valence-corrected chi connectivity index (χ1v) is 8.92. The van der Waals surface area contributed by atoms with Crippen molar-refractivity contribution in [2.75, 3.05) is 26.3 Å². The number of hydrogen-bond acceptors (Lipinski definition) is 8. The lowest BCUT2D eigenvalue weighted by Crippen LogP contribution is -2.38. The highest BCUT2D eigenvalue weighted by Gasteiger charge is 2.27. The molecule has 0 heterocycles. The van der Waals surface area contributed by atoms with Gasteiger partial charge in [-0.1, -0.05) is 13.2 Å². The van der Waals surface area contributed by atoms with Crippen molar-refractivity contribution in [2.45, 2.75) is 37.9 Å². The summed E-state index contributed by atoms with van der Waals surface area (Å²) < 4.78 is 20.0. The molecule has 28 heavy (non-hydrogen) atoms. The third-order valence-corrected chi connectivity index (χ3v) is 3.69. The Morgan fingerprint density at radius 1 is 0.821 bits per heavy atom. The van der Waals surface area contributed by atoms with Crippen LogP contribution in [0.3, 0.4) is 0 Å². The summed E-state index contributed by atoms with van der Waals surface area (Å²) in [4.78, 5) is 45.2. The Kier molecular flexibility index (Phi) is 10.8. The van der Waals surface area contributed by atoms with Gasteiger partial charge in [-0.15, -0.1) is 0 Å². The van der Waals surface area contributed by atoms with Crippen LogP contribution in [0.1, 0.15) is 25.7 Å². The number of carbonyl (C=O) groups is 4. The maximum absolute atomic E-state index is 11.7. The second-order valence-electron chi connectivity index (χ2n) is 5.82. The van der Waals surface area contributed by atoms with E-state index in [0.717, 1.165) is 18.6 Å². The molecule has 0 aromatic carbocycles. The van der Waals surface area contributed by atoms with Crippen LogP contribution in [-0.2, 0) is 28.5 Å². The van der Waals surface area contributed by atoms with Gasteiger partial charge in [0.05, 0.1) is 13.1 Å². The Labute approximate surface area is 163 Å². The third kappa shape index (κ3) is 10.2. The third-order valence-electron chi connectivity index (χ3n) is 3.69. The average molecular weight is 398 g/mol. The van der Waals surface area contributed by atoms with Gasteiger partial charge in [-0.3, -0.25) is 0 Å². The number of amides is 2. The van der Waals surface area contributed by atoms with E-state index in [9.17, 15) is 19.2 Å². The van der Waals surface area contributed by atoms with Crippen LogP contribution >= 0.6 is 0 Å². The van der Waals surface area contributed by atoms with Crippen molar-refractivity contribution in [3.8, 4) is 0 Å². The molecule has 0 unspecified atom stereocenters. The fraction of sp³-hybridized carbons (Fsp3) is 0.556. The van der Waals surface area contributed by atoms with Gasteiger partial charge < -0.3 is 29.6 Å². The van der Waals surface area contributed by atoms with Crippen LogP contribution in [0.5, 0.6) is 0 Å². The van der Waals surface area contributed by atoms with Gasteiger partial charge in [0.1, 0.15) is 25.4 Å². The van der Waals surface area contributed by atoms with E-state index >= 15 is 0 Å². The Morgan fingerprint density at radius 3 is 1.64 bits per heavy atom. The first-order chi connectivity index (χ1) is 13.4. The Hall–Kier alpha value is -3.04. The highest BCUT2D eigenvalue weighted by atomic mass is 16.6. The lowest BCUT2D eigenvalue weighted by Gasteiger charge is -2.28. The Balaban J connectivity index is 2.20. The van der Waals surface area contributed by atoms with E-state index in [1.54, 1.807) is 0 Å². The molecule has 156 valence electrons. The van der Waals surface area contributed by atoms with Crippen molar-refractivity contribution in [3.63, 3.8) is 0 Å². The molecule has 2 atom stereocenters. The van der Waals surface area contributed by atoms with Gasteiger partial charge in [0.25, 0.3) is 0 Å². The van der Waals surface area contributed by atoms with E-state index in [2.05, 4.69) is 23.8 Å². The molecule has 1 aliphatic carbocycles. The number of ether oxygens (including phenoxy) is 4. The molecule has 0 spiro atoms. The zero-order valence-corrected chi connectivity index (χ0v) is 15.6. The molecule has 0 aliphatic heterocycles. The quantitative estimate of drug-likeness (QED) is 0.243. The summed E-state index contributed by atoms with van der Waals surface area (Å²) in [5.74, 6) is -1.14. The molecule has 1 rings (SSSR count). The number of hydrogen-bond donors (Lipinski definition) is 2. The minimum Gasteiger partial charge on any atom is -0.461 e. The summed E-state index contributed by atoms with van der Waals surface area (Å²) in [7, 11) is 0. The van der Waals surface area contributed by atoms with Crippen LogP contribution in [0.25, 0.3) is 0 Å². The van der Waals surface area contributed by atoms with Crippen LogP contribution < -0.4 is 10.6 Å². The largest absolute Gasteiger partial charge is 0.461 e. The SMILES string of the molecule is C=CC(=O)OCCNC(=O)O[C@@H]1CCC[C@H](OC(=O)NCCOC(=O)C=C)C1. The highest BCUT2D eigenvalue weighted by molar-refractivity contribution is 5.81. The van der Waals surface area contributed by atoms with E-state index in [4.69, 9.17) is 18.9 Å². The molecule has 2 amide bonds. The molecule has 2 N–H and O–H groups in total. The predicted molar refractivity (Wildman–Crippen MR) is 97.3 cm³/mol. The van der Waals surface area contributed by atoms with Crippen molar-refractivity contribution in [1.82, 2.24) is 10.6 Å². The number of alkyl carbamates (subject to hydrolysis) is 2. The minimum absolute atomic E-state index is 0.0125. The molecule has 1 saturated carbocycles. The van der Waals surface area contributed by atoms with Crippen LogP contribution in [0.2, 0.25) is 0 Å². The van der Waals surface area contributed by atoms with Gasteiger partial charge in [0, 0.05) is 18.6 Å². The monoisotopic (exact) mass is 398 g/mol. The smallest absolute Gasteiger partial charge is 0.407 e. The Morgan fingerprint density at radius 2 is 1.25 bits per heavy atom. The van der Waals surface area contributed by atoms with E-state index < -0.39 is 24.1 Å². The molecule has 1 fully saturated rings. The lowest BCUT2D eigenvalue weighted by atomic mass is 9.95. The van der Waals surface area contributed by atoms with Crippen LogP contribution in [0.15, 0.2) is 25.3 Å². The number of nitrogens with one attached hydrogen (secondary N) is 2. The van der Waals surface area contributed by atoms with Crippen molar-refractivity contribution in [2.24, 2.45) is 0 Å². The average Bonchev–Trinajstić information content (AvgIpc) is 2.68. The Bertz CT molecular complexity index is 530. The lowest BCUT2D eigenvalue weighted by molar-refractivity contribution is -0.138. The van der Waals surface area contributed by atoms with Crippen molar-refractivity contribution in [1.29, 1.82) is 0 Å². The number of rotatable bonds is 10. The van der Waals surface area contributed by atoms with Gasteiger partial charge in [-0.05, 0) is 19.3 Å². The molecular formula is C18H26N2O8. The van der Waals surface area contributed by atoms with E-state index in [-0.39, 0.29) is 38.5 Å². The van der Waals surface area contributed by atoms with Crippen LogP contribution in [0, 0.1) is 0 Å². The van der Waals surface area contributed by atoms with E-state index in [0.29, 0.717) is 19.3 Å². The zero-order chi connectivity index (χ0) is 20.8. The van der Waals surface area contributed by atoms with Gasteiger partial charge in [0.2, 0.25) is 0 Å². The normalized spacial score (nSPS) is 18.1. The van der Waals surface area contributed by atoms with E-state index in [1.807, 2.05) is 0 Å². The molecule has 10 heteroatoms. The second-order valence-corrected chi connectivity index (χ2v) is 5.82. The highest BCUT2D eigenvalue weighted by Crippen LogP contribution is 2.23. The van der Waals surface area contributed by atoms with Crippen molar-refractivity contribution in [3.05, 3.63) is 25.3 Å². The number of carbonyl (C=O) groups excluding carboxylic acids is 4. The topological polar surface area (TPSA) is 129 Å². The summed E-state index contributed by atoms with van der Waals surface area (Å²) in [5.41, 5.74) is 0. The molecule has 0 saturated heterocycles. The maximum Gasteiger partial charge on any atom is 0.407 e. The van der Waals surface area contributed by atoms with Gasteiger partial charge in [-0.25, -0.2) is 19.2 Å². The van der Waals surface area contributed by atoms with Gasteiger partial charge >= 0.3 is 24.1 Å². The van der Waals surface area contributed by atoms with Gasteiger partial charge in [-0.2, -0.15) is 0 Å². The summed E-state index contributed by atoms with van der Waals surface area (Å²) in [6.45, 7) is 6.78. The maximum atomic E-state index is 11.7. The fourth-order valence-electron chi connectivity index (χ4n) is 2.43. The first-order valence-electron chi connectivity index (χ1n) is 8.92. The summed E-state index contributed by atoms with van der Waals surface area (Å²) in [5, 5.41) is 4.94. The van der Waals surface area contributed by atoms with E-state index in [1.165, 1.54) is 0 Å². The molecule has 0 radical (unpaired) electrons.